The number of carbonyl (C=O) groups excluding carboxylic acids is 3. The average Bonchev–Trinajstić information content (AvgIpc) is 3.06. The molecule has 0 bridgehead atoms. The van der Waals surface area contributed by atoms with Crippen LogP contribution >= 0.6 is 11.3 Å². The zero-order valence-corrected chi connectivity index (χ0v) is 12.1. The summed E-state index contributed by atoms with van der Waals surface area (Å²) in [6.45, 7) is 1.18. The highest BCUT2D eigenvalue weighted by molar-refractivity contribution is 7.13. The van der Waals surface area contributed by atoms with Crippen molar-refractivity contribution in [3.63, 3.8) is 0 Å². The molecular weight excluding hydrogens is 296 g/mol. The van der Waals surface area contributed by atoms with E-state index in [1.165, 1.54) is 16.2 Å². The first-order valence-electron chi connectivity index (χ1n) is 6.52. The van der Waals surface area contributed by atoms with Crippen molar-refractivity contribution in [1.29, 1.82) is 0 Å². The van der Waals surface area contributed by atoms with Gasteiger partial charge in [0.05, 0.1) is 19.8 Å². The van der Waals surface area contributed by atoms with E-state index >= 15 is 0 Å². The number of aromatic nitrogens is 1. The first-order valence-corrected chi connectivity index (χ1v) is 7.40. The Morgan fingerprint density at radius 2 is 2.10 bits per heavy atom. The number of carbonyl (C=O) groups is 3. The first-order chi connectivity index (χ1) is 10.2. The number of hydrogen-bond acceptors (Lipinski definition) is 6. The molecule has 0 radical (unpaired) electrons. The van der Waals surface area contributed by atoms with E-state index < -0.39 is 0 Å². The van der Waals surface area contributed by atoms with E-state index in [9.17, 15) is 14.4 Å². The summed E-state index contributed by atoms with van der Waals surface area (Å²) in [6.07, 6.45) is 2.18. The molecule has 0 spiro atoms. The number of imide groups is 1. The van der Waals surface area contributed by atoms with Crippen LogP contribution in [0.2, 0.25) is 0 Å². The molecule has 1 aliphatic rings. The van der Waals surface area contributed by atoms with Gasteiger partial charge in [-0.2, -0.15) is 0 Å². The van der Waals surface area contributed by atoms with Gasteiger partial charge in [-0.05, 0) is 0 Å². The Bertz CT molecular complexity index is 489. The third-order valence-electron chi connectivity index (χ3n) is 2.80. The number of likely N-dealkylation sites (tertiary alicyclic amines) is 1. The van der Waals surface area contributed by atoms with Crippen molar-refractivity contribution in [3.05, 3.63) is 11.6 Å². The lowest BCUT2D eigenvalue weighted by Gasteiger charge is -2.13. The fourth-order valence-electron chi connectivity index (χ4n) is 1.79. The van der Waals surface area contributed by atoms with Gasteiger partial charge in [0, 0.05) is 31.0 Å². The molecule has 2 N–H and O–H groups in total. The summed E-state index contributed by atoms with van der Waals surface area (Å²) in [6, 6.07) is -0.349. The van der Waals surface area contributed by atoms with Crippen LogP contribution in [0.15, 0.2) is 11.6 Å². The van der Waals surface area contributed by atoms with Crippen LogP contribution in [0.5, 0.6) is 0 Å². The van der Waals surface area contributed by atoms with Crippen molar-refractivity contribution >= 4 is 34.3 Å². The molecule has 0 unspecified atom stereocenters. The number of urea groups is 1. The van der Waals surface area contributed by atoms with E-state index in [1.807, 2.05) is 0 Å². The van der Waals surface area contributed by atoms with Crippen LogP contribution in [-0.4, -0.2) is 54.0 Å². The van der Waals surface area contributed by atoms with E-state index in [1.54, 1.807) is 11.6 Å². The van der Waals surface area contributed by atoms with Gasteiger partial charge in [0.2, 0.25) is 11.8 Å². The number of nitrogens with zero attached hydrogens (tertiary/aromatic N) is 2. The molecule has 9 heteroatoms. The van der Waals surface area contributed by atoms with Crippen LogP contribution in [0.4, 0.5) is 9.93 Å². The van der Waals surface area contributed by atoms with Gasteiger partial charge < -0.3 is 10.1 Å². The summed E-state index contributed by atoms with van der Waals surface area (Å²) in [4.78, 5) is 39.2. The number of anilines is 1. The maximum atomic E-state index is 11.4. The highest BCUT2D eigenvalue weighted by Crippen LogP contribution is 2.10. The van der Waals surface area contributed by atoms with Gasteiger partial charge in [0.25, 0.3) is 0 Å². The molecule has 1 aromatic heterocycles. The van der Waals surface area contributed by atoms with Gasteiger partial charge in [-0.25, -0.2) is 9.78 Å². The molecule has 114 valence electrons. The summed E-state index contributed by atoms with van der Waals surface area (Å²) < 4.78 is 5.28. The van der Waals surface area contributed by atoms with Crippen LogP contribution in [-0.2, 0) is 14.3 Å². The molecule has 4 amide bonds. The van der Waals surface area contributed by atoms with Crippen molar-refractivity contribution in [2.75, 3.05) is 31.6 Å². The Morgan fingerprint density at radius 1 is 1.33 bits per heavy atom. The second-order valence-corrected chi connectivity index (χ2v) is 5.16. The number of amides is 4. The zero-order valence-electron chi connectivity index (χ0n) is 11.3. The normalized spacial score (nSPS) is 14.6. The predicted molar refractivity (Wildman–Crippen MR) is 75.9 cm³/mol. The van der Waals surface area contributed by atoms with Crippen molar-refractivity contribution in [2.24, 2.45) is 0 Å². The topological polar surface area (TPSA) is 101 Å². The minimum absolute atomic E-state index is 0.149. The third kappa shape index (κ3) is 4.80. The molecule has 1 aromatic rings. The van der Waals surface area contributed by atoms with Gasteiger partial charge in [0.15, 0.2) is 5.13 Å². The zero-order chi connectivity index (χ0) is 15.1. The Kier molecular flexibility index (Phi) is 5.64. The lowest BCUT2D eigenvalue weighted by atomic mass is 10.4. The standard InChI is InChI=1S/C12H16N4O4S/c17-9-1-2-10(18)16(9)5-7-20-6-3-13-11(19)15-12-14-4-8-21-12/h4,8H,1-3,5-7H2,(H2,13,14,15,19). The number of rotatable bonds is 7. The van der Waals surface area contributed by atoms with Crippen LogP contribution < -0.4 is 10.6 Å². The average molecular weight is 312 g/mol. The quantitative estimate of drug-likeness (QED) is 0.562. The van der Waals surface area contributed by atoms with Crippen molar-refractivity contribution in [3.8, 4) is 0 Å². The predicted octanol–water partition coefficient (Wildman–Crippen LogP) is 0.430. The Hall–Kier alpha value is -2.00. The van der Waals surface area contributed by atoms with Crippen LogP contribution in [0.25, 0.3) is 0 Å². The Balaban J connectivity index is 1.51. The molecular formula is C12H16N4O4S. The molecule has 0 atom stereocenters. The minimum atomic E-state index is -0.349. The molecule has 8 nitrogen and oxygen atoms in total. The van der Waals surface area contributed by atoms with E-state index in [4.69, 9.17) is 4.74 Å². The van der Waals surface area contributed by atoms with E-state index in [2.05, 4.69) is 15.6 Å². The molecule has 1 saturated heterocycles. The molecule has 2 rings (SSSR count). The lowest BCUT2D eigenvalue weighted by molar-refractivity contribution is -0.139. The fourth-order valence-corrected chi connectivity index (χ4v) is 2.32. The van der Waals surface area contributed by atoms with Crippen LogP contribution in [0, 0.1) is 0 Å². The maximum absolute atomic E-state index is 11.4. The van der Waals surface area contributed by atoms with E-state index in [-0.39, 0.29) is 43.8 Å². The second-order valence-electron chi connectivity index (χ2n) is 4.27. The first kappa shape index (κ1) is 15.4. The number of ether oxygens (including phenoxy) is 1. The van der Waals surface area contributed by atoms with Gasteiger partial charge >= 0.3 is 6.03 Å². The molecule has 0 aliphatic carbocycles. The molecule has 0 aromatic carbocycles. The van der Waals surface area contributed by atoms with Gasteiger partial charge in [-0.3, -0.25) is 19.8 Å². The number of nitrogens with one attached hydrogen (secondary N) is 2. The van der Waals surface area contributed by atoms with Gasteiger partial charge in [-0.15, -0.1) is 11.3 Å². The largest absolute Gasteiger partial charge is 0.378 e. The third-order valence-corrected chi connectivity index (χ3v) is 3.49. The molecule has 21 heavy (non-hydrogen) atoms. The van der Waals surface area contributed by atoms with Crippen LogP contribution in [0.1, 0.15) is 12.8 Å². The monoisotopic (exact) mass is 312 g/mol. The Labute approximate surface area is 125 Å². The van der Waals surface area contributed by atoms with Crippen molar-refractivity contribution < 1.29 is 19.1 Å². The second kappa shape index (κ2) is 7.70. The maximum Gasteiger partial charge on any atom is 0.321 e. The van der Waals surface area contributed by atoms with Crippen molar-refractivity contribution in [2.45, 2.75) is 12.8 Å². The Morgan fingerprint density at radius 3 is 2.76 bits per heavy atom. The fraction of sp³-hybridized carbons (Fsp3) is 0.500. The van der Waals surface area contributed by atoms with E-state index in [0.29, 0.717) is 18.3 Å². The minimum Gasteiger partial charge on any atom is -0.378 e. The van der Waals surface area contributed by atoms with E-state index in [0.717, 1.165) is 0 Å². The van der Waals surface area contributed by atoms with Gasteiger partial charge in [0.1, 0.15) is 0 Å². The van der Waals surface area contributed by atoms with Crippen molar-refractivity contribution in [1.82, 2.24) is 15.2 Å². The summed E-state index contributed by atoms with van der Waals surface area (Å²) in [5.41, 5.74) is 0. The summed E-state index contributed by atoms with van der Waals surface area (Å²) in [5.74, 6) is -0.297. The molecule has 1 aliphatic heterocycles. The highest BCUT2D eigenvalue weighted by atomic mass is 32.1. The number of hydrogen-bond donors (Lipinski definition) is 2. The van der Waals surface area contributed by atoms with Gasteiger partial charge in [-0.1, -0.05) is 0 Å². The van der Waals surface area contributed by atoms with Crippen LogP contribution in [0.3, 0.4) is 0 Å². The highest BCUT2D eigenvalue weighted by Gasteiger charge is 2.28. The lowest BCUT2D eigenvalue weighted by Crippen LogP contribution is -2.34. The molecule has 2 heterocycles. The summed E-state index contributed by atoms with van der Waals surface area (Å²) >= 11 is 1.33. The SMILES string of the molecule is O=C(NCCOCCN1C(=O)CCC1=O)Nc1nccs1. The molecule has 0 saturated carbocycles. The molecule has 1 fully saturated rings. The smallest absolute Gasteiger partial charge is 0.321 e. The summed E-state index contributed by atoms with van der Waals surface area (Å²) in [5, 5.41) is 7.48. The summed E-state index contributed by atoms with van der Waals surface area (Å²) in [7, 11) is 0. The number of thiazole rings is 1.